The topological polar surface area (TPSA) is 178 Å². The van der Waals surface area contributed by atoms with Crippen LogP contribution in [0.3, 0.4) is 0 Å². The SMILES string of the molecule is C.CO.O=C1c2c(O)cc(O)cc2OCC1c1ccc(O)cc1.O=c1c(-c2ccc(O)cc2)coc2cc(O)ccc12. The number of ether oxygens (including phenoxy) is 1. The van der Waals surface area contributed by atoms with E-state index in [1.807, 2.05) is 0 Å². The molecule has 1 aromatic heterocycles. The Labute approximate surface area is 240 Å². The Balaban J connectivity index is 0.000000213. The number of carbonyl (C=O) groups excluding carboxylic acids is 1. The van der Waals surface area contributed by atoms with E-state index in [1.54, 1.807) is 24.3 Å². The molecule has 0 bridgehead atoms. The number of phenols is 5. The number of Topliss-reactive ketones (excluding diaryl/α,β-unsaturated/α-hetero) is 1. The van der Waals surface area contributed by atoms with Crippen LogP contribution in [0.4, 0.5) is 0 Å². The normalized spacial score (nSPS) is 13.3. The molecule has 10 nitrogen and oxygen atoms in total. The average molecular weight is 575 g/mol. The third-order valence-electron chi connectivity index (χ3n) is 6.27. The van der Waals surface area contributed by atoms with Gasteiger partial charge in [0.05, 0.1) is 16.9 Å². The molecular formula is C32H30O10. The second-order valence-corrected chi connectivity index (χ2v) is 8.86. The van der Waals surface area contributed by atoms with Crippen molar-refractivity contribution in [2.45, 2.75) is 13.3 Å². The third-order valence-corrected chi connectivity index (χ3v) is 6.27. The third kappa shape index (κ3) is 6.45. The quantitative estimate of drug-likeness (QED) is 0.163. The van der Waals surface area contributed by atoms with Gasteiger partial charge in [0, 0.05) is 25.3 Å². The van der Waals surface area contributed by atoms with Crippen LogP contribution in [0.5, 0.6) is 34.5 Å². The summed E-state index contributed by atoms with van der Waals surface area (Å²) in [5.74, 6) is -0.779. The number of fused-ring (bicyclic) bond motifs is 2. The van der Waals surface area contributed by atoms with Crippen LogP contribution in [0, 0.1) is 0 Å². The number of ketones is 1. The highest BCUT2D eigenvalue weighted by Crippen LogP contribution is 2.40. The Morgan fingerprint density at radius 2 is 1.31 bits per heavy atom. The van der Waals surface area contributed by atoms with Crippen LogP contribution in [0.1, 0.15) is 29.3 Å². The van der Waals surface area contributed by atoms with Gasteiger partial charge < -0.3 is 39.8 Å². The van der Waals surface area contributed by atoms with Gasteiger partial charge in [-0.3, -0.25) is 9.59 Å². The Morgan fingerprint density at radius 3 is 1.95 bits per heavy atom. The molecule has 1 unspecified atom stereocenters. The fourth-order valence-corrected chi connectivity index (χ4v) is 4.28. The number of aliphatic hydroxyl groups is 1. The minimum absolute atomic E-state index is 0. The largest absolute Gasteiger partial charge is 0.508 e. The van der Waals surface area contributed by atoms with E-state index < -0.39 is 5.92 Å². The number of phenolic OH excluding ortho intramolecular Hbond substituents is 5. The second kappa shape index (κ2) is 13.2. The minimum atomic E-state index is -0.543. The van der Waals surface area contributed by atoms with Crippen molar-refractivity contribution in [3.8, 4) is 45.6 Å². The molecule has 0 spiro atoms. The summed E-state index contributed by atoms with van der Waals surface area (Å²) in [6.07, 6.45) is 1.36. The molecule has 4 aromatic carbocycles. The lowest BCUT2D eigenvalue weighted by Gasteiger charge is -2.25. The molecule has 6 rings (SSSR count). The Hall–Kier alpha value is -5.48. The number of rotatable bonds is 2. The first-order chi connectivity index (χ1) is 19.7. The summed E-state index contributed by atoms with van der Waals surface area (Å²) in [7, 11) is 1.00. The van der Waals surface area contributed by atoms with E-state index in [0.717, 1.165) is 13.2 Å². The number of hydrogen-bond donors (Lipinski definition) is 6. The Kier molecular flexibility index (Phi) is 9.80. The number of hydrogen-bond acceptors (Lipinski definition) is 10. The molecule has 0 radical (unpaired) electrons. The summed E-state index contributed by atoms with van der Waals surface area (Å²) >= 11 is 0. The molecule has 218 valence electrons. The van der Waals surface area contributed by atoms with Crippen molar-refractivity contribution in [1.82, 2.24) is 0 Å². The summed E-state index contributed by atoms with van der Waals surface area (Å²) in [6, 6.07) is 19.4. The second-order valence-electron chi connectivity index (χ2n) is 8.86. The van der Waals surface area contributed by atoms with Crippen LogP contribution >= 0.6 is 0 Å². The lowest BCUT2D eigenvalue weighted by Crippen LogP contribution is -2.26. The van der Waals surface area contributed by atoms with Gasteiger partial charge in [-0.25, -0.2) is 0 Å². The Bertz CT molecular complexity index is 1740. The van der Waals surface area contributed by atoms with Crippen LogP contribution in [-0.4, -0.2) is 50.1 Å². The molecule has 1 aliphatic heterocycles. The van der Waals surface area contributed by atoms with Crippen molar-refractivity contribution in [3.63, 3.8) is 0 Å². The molecule has 1 aliphatic rings. The monoisotopic (exact) mass is 574 g/mol. The summed E-state index contributed by atoms with van der Waals surface area (Å²) in [4.78, 5) is 24.8. The van der Waals surface area contributed by atoms with E-state index in [-0.39, 0.29) is 65.3 Å². The van der Waals surface area contributed by atoms with Crippen molar-refractivity contribution < 1.29 is 44.6 Å². The predicted molar refractivity (Wildman–Crippen MR) is 157 cm³/mol. The molecule has 0 fully saturated rings. The maximum atomic E-state index is 12.5. The van der Waals surface area contributed by atoms with Gasteiger partial charge in [-0.15, -0.1) is 0 Å². The number of benzene rings is 4. The molecule has 2 heterocycles. The molecular weight excluding hydrogens is 544 g/mol. The van der Waals surface area contributed by atoms with Crippen LogP contribution in [0.25, 0.3) is 22.1 Å². The fourth-order valence-electron chi connectivity index (χ4n) is 4.28. The molecule has 1 atom stereocenters. The highest BCUT2D eigenvalue weighted by molar-refractivity contribution is 6.06. The minimum Gasteiger partial charge on any atom is -0.508 e. The lowest BCUT2D eigenvalue weighted by atomic mass is 9.88. The first-order valence-electron chi connectivity index (χ1n) is 12.2. The van der Waals surface area contributed by atoms with Gasteiger partial charge in [-0.2, -0.15) is 0 Å². The van der Waals surface area contributed by atoms with E-state index in [1.165, 1.54) is 54.8 Å². The number of aliphatic hydroxyl groups excluding tert-OH is 1. The van der Waals surface area contributed by atoms with E-state index >= 15 is 0 Å². The van der Waals surface area contributed by atoms with Crippen molar-refractivity contribution in [2.24, 2.45) is 0 Å². The van der Waals surface area contributed by atoms with Crippen molar-refractivity contribution in [3.05, 3.63) is 106 Å². The van der Waals surface area contributed by atoms with Gasteiger partial charge in [-0.05, 0) is 47.5 Å². The number of aromatic hydroxyl groups is 5. The van der Waals surface area contributed by atoms with Gasteiger partial charge in [0.25, 0.3) is 0 Å². The van der Waals surface area contributed by atoms with Crippen molar-refractivity contribution in [2.75, 3.05) is 13.7 Å². The van der Waals surface area contributed by atoms with E-state index in [4.69, 9.17) is 14.3 Å². The first-order valence-corrected chi connectivity index (χ1v) is 12.2. The lowest BCUT2D eigenvalue weighted by molar-refractivity contribution is 0.0892. The molecule has 0 saturated heterocycles. The standard InChI is InChI=1S/C15H12O5.C15H10O4.CH4O.CH4/c16-9-3-1-8(2-4-9)11-7-20-13-6-10(17)5-12(18)14(13)15(11)19;16-10-3-1-9(2-4-10)13-8-19-14-7-11(17)5-6-12(14)15(13)18;1-2;/h1-6,11,16-18H,7H2;1-8,16-17H;2H,1H3;1H4. The van der Waals surface area contributed by atoms with E-state index in [2.05, 4.69) is 0 Å². The molecule has 10 heteroatoms. The molecule has 0 saturated carbocycles. The zero-order chi connectivity index (χ0) is 29.7. The highest BCUT2D eigenvalue weighted by atomic mass is 16.5. The maximum Gasteiger partial charge on any atom is 0.200 e. The van der Waals surface area contributed by atoms with Gasteiger partial charge in [0.1, 0.15) is 58.5 Å². The van der Waals surface area contributed by atoms with Crippen LogP contribution in [0.15, 0.2) is 94.3 Å². The maximum absolute atomic E-state index is 12.5. The van der Waals surface area contributed by atoms with Crippen molar-refractivity contribution >= 4 is 16.8 Å². The van der Waals surface area contributed by atoms with E-state index in [0.29, 0.717) is 27.7 Å². The smallest absolute Gasteiger partial charge is 0.200 e. The zero-order valence-corrected chi connectivity index (χ0v) is 21.7. The van der Waals surface area contributed by atoms with Gasteiger partial charge in [0.15, 0.2) is 11.2 Å². The van der Waals surface area contributed by atoms with Crippen LogP contribution < -0.4 is 10.2 Å². The Morgan fingerprint density at radius 1 is 0.714 bits per heavy atom. The number of carbonyl (C=O) groups is 1. The zero-order valence-electron chi connectivity index (χ0n) is 21.7. The average Bonchev–Trinajstić information content (AvgIpc) is 2.96. The first kappa shape index (κ1) is 31.1. The predicted octanol–water partition coefficient (Wildman–Crippen LogP) is 5.28. The van der Waals surface area contributed by atoms with Crippen LogP contribution in [-0.2, 0) is 0 Å². The molecule has 42 heavy (non-hydrogen) atoms. The van der Waals surface area contributed by atoms with Crippen LogP contribution in [0.2, 0.25) is 0 Å². The summed E-state index contributed by atoms with van der Waals surface area (Å²) < 4.78 is 10.8. The van der Waals surface area contributed by atoms with Gasteiger partial charge in [-0.1, -0.05) is 31.7 Å². The summed E-state index contributed by atoms with van der Waals surface area (Å²) in [6.45, 7) is 0.125. The fraction of sp³-hybridized carbons (Fsp3) is 0.125. The molecule has 6 N–H and O–H groups in total. The molecule has 0 amide bonds. The highest BCUT2D eigenvalue weighted by Gasteiger charge is 2.33. The molecule has 0 aliphatic carbocycles. The molecule has 5 aromatic rings. The van der Waals surface area contributed by atoms with Gasteiger partial charge in [0.2, 0.25) is 0 Å². The van der Waals surface area contributed by atoms with Gasteiger partial charge >= 0.3 is 0 Å². The summed E-state index contributed by atoms with van der Waals surface area (Å²) in [5.41, 5.74) is 2.03. The summed E-state index contributed by atoms with van der Waals surface area (Å²) in [5, 5.41) is 54.5. The van der Waals surface area contributed by atoms with Crippen molar-refractivity contribution in [1.29, 1.82) is 0 Å². The van der Waals surface area contributed by atoms with E-state index in [9.17, 15) is 35.1 Å².